The Morgan fingerprint density at radius 2 is 1.96 bits per heavy atom. The molecule has 1 aromatic carbocycles. The Labute approximate surface area is 150 Å². The summed E-state index contributed by atoms with van der Waals surface area (Å²) in [6.45, 7) is 9.70. The van der Waals surface area contributed by atoms with Gasteiger partial charge in [0, 0.05) is 57.8 Å². The SMILES string of the molecule is Cc1cccc(CN2CC[C@@H]3[C@@H]2CC(=O)N3CCN2CCOCC2)c1. The minimum absolute atomic E-state index is 0.345. The first-order valence-corrected chi connectivity index (χ1v) is 9.60. The van der Waals surface area contributed by atoms with Crippen LogP contribution in [-0.2, 0) is 16.1 Å². The molecule has 1 amide bonds. The Morgan fingerprint density at radius 3 is 2.76 bits per heavy atom. The Bertz CT molecular complexity index is 615. The number of hydrogen-bond acceptors (Lipinski definition) is 4. The van der Waals surface area contributed by atoms with E-state index < -0.39 is 0 Å². The van der Waals surface area contributed by atoms with E-state index in [2.05, 4.69) is 45.9 Å². The van der Waals surface area contributed by atoms with Gasteiger partial charge in [0.25, 0.3) is 0 Å². The minimum Gasteiger partial charge on any atom is -0.379 e. The fourth-order valence-electron chi connectivity index (χ4n) is 4.62. The van der Waals surface area contributed by atoms with Crippen LogP contribution in [0.2, 0.25) is 0 Å². The van der Waals surface area contributed by atoms with E-state index in [0.717, 1.165) is 58.9 Å². The van der Waals surface area contributed by atoms with Gasteiger partial charge < -0.3 is 9.64 Å². The Balaban J connectivity index is 1.35. The Morgan fingerprint density at radius 1 is 1.12 bits per heavy atom. The molecule has 0 saturated carbocycles. The molecule has 5 nitrogen and oxygen atoms in total. The maximum Gasteiger partial charge on any atom is 0.224 e. The zero-order valence-electron chi connectivity index (χ0n) is 15.2. The number of likely N-dealkylation sites (tertiary alicyclic amines) is 2. The maximum atomic E-state index is 12.6. The smallest absolute Gasteiger partial charge is 0.224 e. The highest BCUT2D eigenvalue weighted by Crippen LogP contribution is 2.33. The Hall–Kier alpha value is -1.43. The maximum absolute atomic E-state index is 12.6. The molecule has 0 radical (unpaired) electrons. The van der Waals surface area contributed by atoms with E-state index in [9.17, 15) is 4.79 Å². The van der Waals surface area contributed by atoms with E-state index in [0.29, 0.717) is 24.4 Å². The molecular weight excluding hydrogens is 314 g/mol. The molecule has 3 fully saturated rings. The van der Waals surface area contributed by atoms with Gasteiger partial charge in [-0.3, -0.25) is 14.6 Å². The van der Waals surface area contributed by atoms with Gasteiger partial charge in [-0.2, -0.15) is 0 Å². The number of hydrogen-bond donors (Lipinski definition) is 0. The van der Waals surface area contributed by atoms with Crippen molar-refractivity contribution in [1.82, 2.24) is 14.7 Å². The fraction of sp³-hybridized carbons (Fsp3) is 0.650. The lowest BCUT2D eigenvalue weighted by Gasteiger charge is -2.30. The predicted molar refractivity (Wildman–Crippen MR) is 97.4 cm³/mol. The second-order valence-electron chi connectivity index (χ2n) is 7.63. The summed E-state index contributed by atoms with van der Waals surface area (Å²) in [5.74, 6) is 0.345. The van der Waals surface area contributed by atoms with Crippen molar-refractivity contribution < 1.29 is 9.53 Å². The third-order valence-corrected chi connectivity index (χ3v) is 5.96. The van der Waals surface area contributed by atoms with Crippen molar-refractivity contribution in [2.24, 2.45) is 0 Å². The largest absolute Gasteiger partial charge is 0.379 e. The second kappa shape index (κ2) is 7.44. The molecule has 0 bridgehead atoms. The summed E-state index contributed by atoms with van der Waals surface area (Å²) in [6.07, 6.45) is 1.81. The number of morpholine rings is 1. The summed E-state index contributed by atoms with van der Waals surface area (Å²) in [7, 11) is 0. The normalized spacial score (nSPS) is 27.9. The van der Waals surface area contributed by atoms with E-state index in [-0.39, 0.29) is 0 Å². The van der Waals surface area contributed by atoms with Gasteiger partial charge in [0.05, 0.1) is 13.2 Å². The number of ether oxygens (including phenoxy) is 1. The summed E-state index contributed by atoms with van der Waals surface area (Å²) < 4.78 is 5.41. The van der Waals surface area contributed by atoms with Crippen LogP contribution in [0.25, 0.3) is 0 Å². The molecule has 3 heterocycles. The van der Waals surface area contributed by atoms with Gasteiger partial charge in [-0.15, -0.1) is 0 Å². The molecule has 3 saturated heterocycles. The molecule has 0 spiro atoms. The molecule has 5 heteroatoms. The van der Waals surface area contributed by atoms with E-state index in [4.69, 9.17) is 4.74 Å². The van der Waals surface area contributed by atoms with Crippen LogP contribution in [0.5, 0.6) is 0 Å². The lowest BCUT2D eigenvalue weighted by molar-refractivity contribution is -0.129. The third kappa shape index (κ3) is 3.73. The number of carbonyl (C=O) groups is 1. The van der Waals surface area contributed by atoms with Crippen LogP contribution >= 0.6 is 0 Å². The zero-order chi connectivity index (χ0) is 17.2. The summed E-state index contributed by atoms with van der Waals surface area (Å²) >= 11 is 0. The molecule has 1 aromatic rings. The van der Waals surface area contributed by atoms with Crippen molar-refractivity contribution in [3.63, 3.8) is 0 Å². The molecule has 25 heavy (non-hydrogen) atoms. The van der Waals surface area contributed by atoms with Crippen LogP contribution in [0.3, 0.4) is 0 Å². The number of nitrogens with zero attached hydrogens (tertiary/aromatic N) is 3. The number of rotatable bonds is 5. The van der Waals surface area contributed by atoms with Crippen LogP contribution in [0.4, 0.5) is 0 Å². The first-order chi connectivity index (χ1) is 12.2. The number of amides is 1. The van der Waals surface area contributed by atoms with E-state index in [1.807, 2.05) is 0 Å². The quantitative estimate of drug-likeness (QED) is 0.812. The summed E-state index contributed by atoms with van der Waals surface area (Å²) in [5.41, 5.74) is 2.67. The first kappa shape index (κ1) is 17.0. The van der Waals surface area contributed by atoms with Gasteiger partial charge in [-0.1, -0.05) is 29.8 Å². The monoisotopic (exact) mass is 343 g/mol. The minimum atomic E-state index is 0.345. The van der Waals surface area contributed by atoms with Crippen LogP contribution in [-0.4, -0.2) is 78.6 Å². The number of aryl methyl sites for hydroxylation is 1. The predicted octanol–water partition coefficient (Wildman–Crippen LogP) is 1.50. The number of fused-ring (bicyclic) bond motifs is 1. The lowest BCUT2D eigenvalue weighted by Crippen LogP contribution is -2.44. The van der Waals surface area contributed by atoms with Crippen molar-refractivity contribution in [2.45, 2.75) is 38.4 Å². The first-order valence-electron chi connectivity index (χ1n) is 9.60. The molecule has 4 rings (SSSR count). The van der Waals surface area contributed by atoms with Gasteiger partial charge in [0.2, 0.25) is 5.91 Å². The molecule has 0 aromatic heterocycles. The lowest BCUT2D eigenvalue weighted by atomic mass is 10.1. The van der Waals surface area contributed by atoms with Crippen LogP contribution < -0.4 is 0 Å². The fourth-order valence-corrected chi connectivity index (χ4v) is 4.62. The number of benzene rings is 1. The molecule has 0 aliphatic carbocycles. The van der Waals surface area contributed by atoms with Crippen molar-refractivity contribution in [1.29, 1.82) is 0 Å². The van der Waals surface area contributed by atoms with Gasteiger partial charge in [0.15, 0.2) is 0 Å². The van der Waals surface area contributed by atoms with E-state index >= 15 is 0 Å². The highest BCUT2D eigenvalue weighted by Gasteiger charge is 2.46. The van der Waals surface area contributed by atoms with E-state index in [1.54, 1.807) is 0 Å². The van der Waals surface area contributed by atoms with Gasteiger partial charge in [-0.05, 0) is 18.9 Å². The standard InChI is InChI=1S/C20H29N3O2/c1-16-3-2-4-17(13-16)15-22-6-5-18-19(22)14-20(24)23(18)8-7-21-9-11-25-12-10-21/h2-4,13,18-19H,5-12,14-15H2,1H3/t18-,19+/m1/s1. The van der Waals surface area contributed by atoms with Crippen molar-refractivity contribution in [3.8, 4) is 0 Å². The molecule has 136 valence electrons. The van der Waals surface area contributed by atoms with Crippen LogP contribution in [0.15, 0.2) is 24.3 Å². The molecule has 3 aliphatic rings. The van der Waals surface area contributed by atoms with Crippen LogP contribution in [0, 0.1) is 6.92 Å². The van der Waals surface area contributed by atoms with E-state index in [1.165, 1.54) is 11.1 Å². The summed E-state index contributed by atoms with van der Waals surface area (Å²) in [5, 5.41) is 0. The number of carbonyl (C=O) groups excluding carboxylic acids is 1. The molecule has 0 N–H and O–H groups in total. The average molecular weight is 343 g/mol. The Kier molecular flexibility index (Phi) is 5.06. The molecule has 2 atom stereocenters. The molecule has 0 unspecified atom stereocenters. The molecule has 3 aliphatic heterocycles. The van der Waals surface area contributed by atoms with Gasteiger partial charge in [0.1, 0.15) is 0 Å². The topological polar surface area (TPSA) is 36.0 Å². The third-order valence-electron chi connectivity index (χ3n) is 5.96. The van der Waals surface area contributed by atoms with Gasteiger partial charge in [-0.25, -0.2) is 0 Å². The zero-order valence-corrected chi connectivity index (χ0v) is 15.2. The van der Waals surface area contributed by atoms with Crippen LogP contribution in [0.1, 0.15) is 24.0 Å². The van der Waals surface area contributed by atoms with Crippen molar-refractivity contribution in [3.05, 3.63) is 35.4 Å². The van der Waals surface area contributed by atoms with Crippen molar-refractivity contribution >= 4 is 5.91 Å². The molecular formula is C20H29N3O2. The summed E-state index contributed by atoms with van der Waals surface area (Å²) in [4.78, 5) is 19.7. The highest BCUT2D eigenvalue weighted by molar-refractivity contribution is 5.80. The average Bonchev–Trinajstić information content (AvgIpc) is 3.13. The highest BCUT2D eigenvalue weighted by atomic mass is 16.5. The van der Waals surface area contributed by atoms with Gasteiger partial charge >= 0.3 is 0 Å². The second-order valence-corrected chi connectivity index (χ2v) is 7.63. The summed E-state index contributed by atoms with van der Waals surface area (Å²) in [6, 6.07) is 9.55. The van der Waals surface area contributed by atoms with Crippen molar-refractivity contribution in [2.75, 3.05) is 45.9 Å².